The molecule has 1 aromatic rings. The monoisotopic (exact) mass is 632 g/mol. The van der Waals surface area contributed by atoms with Crippen LogP contribution in [0.25, 0.3) is 0 Å². The molecule has 45 heavy (non-hydrogen) atoms. The van der Waals surface area contributed by atoms with Gasteiger partial charge in [0.1, 0.15) is 23.5 Å². The number of nitrogens with zero attached hydrogens (tertiary/aromatic N) is 3. The lowest BCUT2D eigenvalue weighted by Crippen LogP contribution is -2.62. The zero-order valence-electron chi connectivity index (χ0n) is 25.5. The van der Waals surface area contributed by atoms with Crippen LogP contribution in [-0.2, 0) is 14.3 Å². The number of ether oxygens (including phenoxy) is 2. The number of nitriles is 1. The van der Waals surface area contributed by atoms with Gasteiger partial charge >= 0.3 is 6.03 Å². The zero-order valence-corrected chi connectivity index (χ0v) is 26.4. The van der Waals surface area contributed by atoms with Crippen molar-refractivity contribution in [1.29, 1.82) is 5.26 Å². The van der Waals surface area contributed by atoms with Crippen LogP contribution in [0.5, 0.6) is 5.75 Å². The number of piperidine rings is 2. The molecular weight excluding hydrogens is 592 g/mol. The van der Waals surface area contributed by atoms with Gasteiger partial charge in [-0.2, -0.15) is 5.26 Å². The Kier molecular flexibility index (Phi) is 8.50. The van der Waals surface area contributed by atoms with Crippen LogP contribution in [0.3, 0.4) is 0 Å². The Morgan fingerprint density at radius 3 is 2.76 bits per heavy atom. The van der Waals surface area contributed by atoms with Gasteiger partial charge in [-0.15, -0.1) is 0 Å². The number of carbonyl (C=O) groups excluding carboxylic acids is 3. The highest BCUT2D eigenvalue weighted by atomic mass is 32.2. The molecule has 6 aliphatic rings. The lowest BCUT2D eigenvalue weighted by atomic mass is 9.86. The van der Waals surface area contributed by atoms with Gasteiger partial charge < -0.3 is 30.3 Å². The molecule has 238 valence electrons. The predicted octanol–water partition coefficient (Wildman–Crippen LogP) is 3.31. The summed E-state index contributed by atoms with van der Waals surface area (Å²) in [7, 11) is 0. The summed E-state index contributed by atoms with van der Waals surface area (Å²) in [6.07, 6.45) is 7.98. The van der Waals surface area contributed by atoms with E-state index in [1.165, 1.54) is 11.8 Å². The number of hydrogen-bond donors (Lipinski definition) is 3. The Morgan fingerprint density at radius 1 is 1.18 bits per heavy atom. The molecule has 0 radical (unpaired) electrons. The van der Waals surface area contributed by atoms with Crippen molar-refractivity contribution in [1.82, 2.24) is 20.9 Å². The van der Waals surface area contributed by atoms with Crippen molar-refractivity contribution in [3.63, 3.8) is 0 Å². The van der Waals surface area contributed by atoms with E-state index in [9.17, 15) is 19.6 Å². The van der Waals surface area contributed by atoms with Crippen LogP contribution in [-0.4, -0.2) is 79.2 Å². The molecule has 0 spiro atoms. The van der Waals surface area contributed by atoms with Crippen molar-refractivity contribution in [2.75, 3.05) is 37.7 Å². The van der Waals surface area contributed by atoms with Crippen LogP contribution in [0.4, 0.5) is 10.5 Å². The molecule has 4 atom stereocenters. The van der Waals surface area contributed by atoms with E-state index in [1.807, 2.05) is 30.0 Å². The molecule has 7 rings (SSSR count). The Balaban J connectivity index is 1.05. The summed E-state index contributed by atoms with van der Waals surface area (Å²) in [6, 6.07) is 7.44. The molecule has 5 aliphatic heterocycles. The van der Waals surface area contributed by atoms with Gasteiger partial charge in [-0.3, -0.25) is 14.5 Å². The number of aryl methyl sites for hydroxylation is 1. The summed E-state index contributed by atoms with van der Waals surface area (Å²) < 4.78 is 11.7. The van der Waals surface area contributed by atoms with Crippen LogP contribution in [0.1, 0.15) is 50.5 Å². The van der Waals surface area contributed by atoms with Crippen molar-refractivity contribution in [2.24, 2.45) is 11.8 Å². The third-order valence-corrected chi connectivity index (χ3v) is 11.0. The Morgan fingerprint density at radius 2 is 2.00 bits per heavy atom. The van der Waals surface area contributed by atoms with E-state index in [0.29, 0.717) is 42.8 Å². The summed E-state index contributed by atoms with van der Waals surface area (Å²) >= 11 is 1.47. The number of rotatable bonds is 7. The number of anilines is 1. The fourth-order valence-electron chi connectivity index (χ4n) is 7.22. The van der Waals surface area contributed by atoms with Crippen LogP contribution < -0.4 is 25.6 Å². The summed E-state index contributed by atoms with van der Waals surface area (Å²) in [4.78, 5) is 44.6. The third-order valence-electron chi connectivity index (χ3n) is 9.67. The van der Waals surface area contributed by atoms with Crippen molar-refractivity contribution >= 4 is 35.3 Å². The Bertz CT molecular complexity index is 1480. The second-order valence-electron chi connectivity index (χ2n) is 12.9. The second kappa shape index (κ2) is 12.7. The molecule has 5 heterocycles. The van der Waals surface area contributed by atoms with Crippen LogP contribution in [0.2, 0.25) is 0 Å². The molecule has 4 amide bonds. The van der Waals surface area contributed by atoms with E-state index in [0.717, 1.165) is 68.5 Å². The van der Waals surface area contributed by atoms with Crippen LogP contribution >= 0.6 is 11.8 Å². The highest BCUT2D eigenvalue weighted by Gasteiger charge is 2.52. The first kappa shape index (κ1) is 30.1. The minimum atomic E-state index is -0.253. The van der Waals surface area contributed by atoms with E-state index in [2.05, 4.69) is 22.0 Å². The fourth-order valence-corrected chi connectivity index (χ4v) is 8.61. The molecule has 3 N–H and O–H groups in total. The van der Waals surface area contributed by atoms with E-state index in [1.54, 1.807) is 11.0 Å². The topological polar surface area (TPSA) is 136 Å². The molecule has 12 heteroatoms. The number of hydrogen-bond acceptors (Lipinski definition) is 8. The zero-order chi connectivity index (χ0) is 31.1. The van der Waals surface area contributed by atoms with Gasteiger partial charge in [0.15, 0.2) is 0 Å². The number of benzene rings is 1. The van der Waals surface area contributed by atoms with E-state index in [-0.39, 0.29) is 52.9 Å². The van der Waals surface area contributed by atoms with E-state index < -0.39 is 0 Å². The van der Waals surface area contributed by atoms with Gasteiger partial charge in [-0.05, 0) is 75.3 Å². The average Bonchev–Trinajstić information content (AvgIpc) is 3.80. The molecule has 4 saturated heterocycles. The minimum Gasteiger partial charge on any atom is -0.490 e. The number of urea groups is 1. The minimum absolute atomic E-state index is 0.0331. The first-order valence-electron chi connectivity index (χ1n) is 16.2. The molecule has 1 saturated carbocycles. The summed E-state index contributed by atoms with van der Waals surface area (Å²) in [6.45, 7) is 5.10. The normalized spacial score (nSPS) is 28.7. The number of allylic oxidation sites excluding steroid dienone is 1. The van der Waals surface area contributed by atoms with Crippen molar-refractivity contribution < 1.29 is 23.9 Å². The first-order valence-corrected chi connectivity index (χ1v) is 17.1. The van der Waals surface area contributed by atoms with Crippen molar-refractivity contribution in [2.45, 2.75) is 75.4 Å². The van der Waals surface area contributed by atoms with Crippen molar-refractivity contribution in [3.8, 4) is 11.8 Å². The van der Waals surface area contributed by atoms with Crippen LogP contribution in [0.15, 0.2) is 40.5 Å². The number of nitrogens with one attached hydrogen (secondary N) is 3. The maximum Gasteiger partial charge on any atom is 0.326 e. The molecule has 1 aromatic carbocycles. The third kappa shape index (κ3) is 6.18. The van der Waals surface area contributed by atoms with Gasteiger partial charge in [-0.1, -0.05) is 17.8 Å². The maximum absolute atomic E-state index is 13.7. The molecule has 11 nitrogen and oxygen atoms in total. The Labute approximate surface area is 267 Å². The van der Waals surface area contributed by atoms with Gasteiger partial charge in [0.05, 0.1) is 29.5 Å². The number of amides is 4. The molecule has 3 unspecified atom stereocenters. The smallest absolute Gasteiger partial charge is 0.326 e. The first-order chi connectivity index (χ1) is 21.9. The van der Waals surface area contributed by atoms with Gasteiger partial charge in [0.2, 0.25) is 0 Å². The van der Waals surface area contributed by atoms with E-state index in [4.69, 9.17) is 9.47 Å². The fraction of sp³-hybridized carbons (Fsp3) is 0.576. The van der Waals surface area contributed by atoms with Gasteiger partial charge in [0, 0.05) is 49.3 Å². The summed E-state index contributed by atoms with van der Waals surface area (Å²) in [5, 5.41) is 19.3. The molecule has 5 fully saturated rings. The maximum atomic E-state index is 13.7. The highest BCUT2D eigenvalue weighted by Crippen LogP contribution is 2.48. The van der Waals surface area contributed by atoms with Gasteiger partial charge in [0.25, 0.3) is 11.8 Å². The summed E-state index contributed by atoms with van der Waals surface area (Å²) in [5.41, 5.74) is 2.69. The highest BCUT2D eigenvalue weighted by molar-refractivity contribution is 8.04. The largest absolute Gasteiger partial charge is 0.490 e. The number of likely N-dealkylation sites (tertiary alicyclic amines) is 1. The second-order valence-corrected chi connectivity index (χ2v) is 14.0. The molecule has 1 aliphatic carbocycles. The molecule has 0 bridgehead atoms. The molecule has 0 aromatic heterocycles. The van der Waals surface area contributed by atoms with Gasteiger partial charge in [-0.25, -0.2) is 4.79 Å². The average molecular weight is 633 g/mol. The van der Waals surface area contributed by atoms with Crippen LogP contribution in [0, 0.1) is 30.1 Å². The Hall–Kier alpha value is -3.53. The van der Waals surface area contributed by atoms with Crippen molar-refractivity contribution in [3.05, 3.63) is 46.0 Å². The standard InChI is InChI=1S/C33H40N6O5S/c1-19-15-24(44-23-9-13-43-14-10-23)6-7-25(19)39-26-8-11-35-31-27(26)28(37-33(39)42)29(45-31)30(40)36-22-3-2-12-38(18-22)32(41)21(17-34)16-20-4-5-20/h6-7,15-16,20,22-23,26-27,31,35H,2-5,8-14,18H2,1H3,(H,36,40)(H,37,42)/b21-16+/t22-,26?,27?,31?/m1/s1. The number of thioether (sulfide) groups is 1. The summed E-state index contributed by atoms with van der Waals surface area (Å²) in [5.74, 6) is 0.591. The predicted molar refractivity (Wildman–Crippen MR) is 169 cm³/mol. The SMILES string of the molecule is Cc1cc(OC2CCOCC2)ccc1N1C(=O)NC2=C(C(=O)N[C@@H]3CCCN(C(=O)/C(C#N)=C/C4CC4)C3)SC3NCCC1C23. The van der Waals surface area contributed by atoms with E-state index >= 15 is 0 Å². The quantitative estimate of drug-likeness (QED) is 0.308. The molecular formula is C33H40N6O5S. The lowest BCUT2D eigenvalue weighted by molar-refractivity contribution is -0.129. The number of carbonyl (C=O) groups is 3. The lowest BCUT2D eigenvalue weighted by Gasteiger charge is -2.46.